The van der Waals surface area contributed by atoms with Crippen LogP contribution in [0.3, 0.4) is 0 Å². The molecular weight excluding hydrogens is 327 g/mol. The van der Waals surface area contributed by atoms with Crippen LogP contribution in [0.4, 0.5) is 4.39 Å². The summed E-state index contributed by atoms with van der Waals surface area (Å²) in [5, 5.41) is 0. The van der Waals surface area contributed by atoms with Gasteiger partial charge in [-0.25, -0.2) is 4.39 Å². The second-order valence-electron chi connectivity index (χ2n) is 6.36. The summed E-state index contributed by atoms with van der Waals surface area (Å²) in [5.41, 5.74) is 7.92. The lowest BCUT2D eigenvalue weighted by Gasteiger charge is -2.16. The van der Waals surface area contributed by atoms with E-state index < -0.39 is 0 Å². The Bertz CT molecular complexity index is 753. The number of hydrogen-bond acceptors (Lipinski definition) is 4. The first-order valence-corrected chi connectivity index (χ1v) is 8.93. The van der Waals surface area contributed by atoms with E-state index in [1.54, 1.807) is 28.4 Å². The number of benzene rings is 1. The number of fused-ring (bicyclic) bond motifs is 1. The first kappa shape index (κ1) is 15.7. The molecule has 2 aliphatic rings. The molecule has 3 heterocycles. The van der Waals surface area contributed by atoms with E-state index in [2.05, 4.69) is 0 Å². The zero-order chi connectivity index (χ0) is 16.7. The van der Waals surface area contributed by atoms with Crippen LogP contribution in [-0.4, -0.2) is 36.5 Å². The van der Waals surface area contributed by atoms with Gasteiger partial charge in [0.05, 0.1) is 18.1 Å². The van der Waals surface area contributed by atoms with Crippen LogP contribution in [0.5, 0.6) is 0 Å². The van der Waals surface area contributed by atoms with Crippen molar-refractivity contribution in [3.63, 3.8) is 0 Å². The van der Waals surface area contributed by atoms with Crippen LogP contribution in [0.25, 0.3) is 0 Å². The number of carbonyl (C=O) groups is 1. The largest absolute Gasteiger partial charge is 0.376 e. The lowest BCUT2D eigenvalue weighted by Crippen LogP contribution is -2.31. The number of likely N-dealkylation sites (tertiary alicyclic amines) is 1. The SMILES string of the molecule is N[C@@H]1CN(C(=O)c2cc3c(s2)CCOC3)C[C@H]1c1ccccc1F. The minimum atomic E-state index is -0.254. The van der Waals surface area contributed by atoms with E-state index >= 15 is 0 Å². The predicted octanol–water partition coefficient (Wildman–Crippen LogP) is 2.53. The van der Waals surface area contributed by atoms with E-state index in [0.717, 1.165) is 16.9 Å². The second kappa shape index (κ2) is 6.27. The Kier molecular flexibility index (Phi) is 4.12. The fraction of sp³-hybridized carbons (Fsp3) is 0.389. The number of carbonyl (C=O) groups excluding carboxylic acids is 1. The van der Waals surface area contributed by atoms with Crippen LogP contribution in [0.2, 0.25) is 0 Å². The topological polar surface area (TPSA) is 55.6 Å². The average molecular weight is 346 g/mol. The van der Waals surface area contributed by atoms with Crippen LogP contribution in [0.1, 0.15) is 31.6 Å². The van der Waals surface area contributed by atoms with Gasteiger partial charge in [0.2, 0.25) is 0 Å². The van der Waals surface area contributed by atoms with Crippen LogP contribution in [0.15, 0.2) is 30.3 Å². The number of amides is 1. The maximum Gasteiger partial charge on any atom is 0.264 e. The third-order valence-corrected chi connectivity index (χ3v) is 6.02. The van der Waals surface area contributed by atoms with Gasteiger partial charge < -0.3 is 15.4 Å². The lowest BCUT2D eigenvalue weighted by atomic mass is 9.94. The molecule has 126 valence electrons. The van der Waals surface area contributed by atoms with Gasteiger partial charge in [0, 0.05) is 36.3 Å². The molecule has 0 unspecified atom stereocenters. The Morgan fingerprint density at radius 2 is 2.17 bits per heavy atom. The van der Waals surface area contributed by atoms with E-state index in [-0.39, 0.29) is 23.7 Å². The van der Waals surface area contributed by atoms with Crippen molar-refractivity contribution in [2.45, 2.75) is 25.0 Å². The van der Waals surface area contributed by atoms with E-state index in [9.17, 15) is 9.18 Å². The molecule has 0 spiro atoms. The van der Waals surface area contributed by atoms with Gasteiger partial charge in [0.1, 0.15) is 5.82 Å². The molecule has 1 saturated heterocycles. The molecule has 1 aromatic carbocycles. The summed E-state index contributed by atoms with van der Waals surface area (Å²) in [4.78, 5) is 16.5. The number of rotatable bonds is 2. The van der Waals surface area contributed by atoms with Crippen molar-refractivity contribution in [3.8, 4) is 0 Å². The Balaban J connectivity index is 1.54. The highest BCUT2D eigenvalue weighted by Crippen LogP contribution is 2.32. The minimum Gasteiger partial charge on any atom is -0.376 e. The van der Waals surface area contributed by atoms with Crippen LogP contribution in [0, 0.1) is 5.82 Å². The van der Waals surface area contributed by atoms with Gasteiger partial charge >= 0.3 is 0 Å². The summed E-state index contributed by atoms with van der Waals surface area (Å²) in [6.07, 6.45) is 0.866. The normalized spacial score (nSPS) is 23.3. The molecule has 0 radical (unpaired) electrons. The molecule has 1 aromatic heterocycles. The van der Waals surface area contributed by atoms with Gasteiger partial charge in [-0.15, -0.1) is 11.3 Å². The fourth-order valence-electron chi connectivity index (χ4n) is 3.51. The zero-order valence-electron chi connectivity index (χ0n) is 13.2. The molecule has 0 saturated carbocycles. The van der Waals surface area contributed by atoms with E-state index in [1.807, 2.05) is 12.1 Å². The van der Waals surface area contributed by atoms with Gasteiger partial charge in [-0.1, -0.05) is 18.2 Å². The Morgan fingerprint density at radius 3 is 2.96 bits per heavy atom. The first-order chi connectivity index (χ1) is 11.6. The van der Waals surface area contributed by atoms with E-state index in [0.29, 0.717) is 31.9 Å². The van der Waals surface area contributed by atoms with Crippen molar-refractivity contribution in [2.24, 2.45) is 5.73 Å². The van der Waals surface area contributed by atoms with Crippen molar-refractivity contribution in [3.05, 3.63) is 57.0 Å². The standard InChI is InChI=1S/C18H19FN2O2S/c19-14-4-2-1-3-12(14)13-8-21(9-15(13)20)18(22)17-7-11-10-23-6-5-16(11)24-17/h1-4,7,13,15H,5-6,8-10,20H2/t13-,15+/m0/s1. The molecule has 4 rings (SSSR count). The van der Waals surface area contributed by atoms with Crippen LogP contribution >= 0.6 is 11.3 Å². The molecule has 1 fully saturated rings. The molecule has 0 aliphatic carbocycles. The molecule has 0 bridgehead atoms. The number of halogens is 1. The predicted molar refractivity (Wildman–Crippen MR) is 90.7 cm³/mol. The van der Waals surface area contributed by atoms with Crippen molar-refractivity contribution in [2.75, 3.05) is 19.7 Å². The molecule has 24 heavy (non-hydrogen) atoms. The highest BCUT2D eigenvalue weighted by Gasteiger charge is 2.36. The third-order valence-electron chi connectivity index (χ3n) is 4.80. The summed E-state index contributed by atoms with van der Waals surface area (Å²) < 4.78 is 19.5. The Labute approximate surface area is 144 Å². The molecule has 1 amide bonds. The second-order valence-corrected chi connectivity index (χ2v) is 7.50. The Hall–Kier alpha value is -1.76. The molecule has 6 heteroatoms. The van der Waals surface area contributed by atoms with Crippen molar-refractivity contribution < 1.29 is 13.9 Å². The van der Waals surface area contributed by atoms with Gasteiger partial charge in [0.25, 0.3) is 5.91 Å². The highest BCUT2D eigenvalue weighted by molar-refractivity contribution is 7.14. The van der Waals surface area contributed by atoms with E-state index in [1.165, 1.54) is 10.9 Å². The summed E-state index contributed by atoms with van der Waals surface area (Å²) >= 11 is 1.55. The van der Waals surface area contributed by atoms with Crippen molar-refractivity contribution in [1.29, 1.82) is 0 Å². The summed E-state index contributed by atoms with van der Waals surface area (Å²) in [7, 11) is 0. The van der Waals surface area contributed by atoms with Crippen LogP contribution < -0.4 is 5.73 Å². The quantitative estimate of drug-likeness (QED) is 0.909. The van der Waals surface area contributed by atoms with Crippen LogP contribution in [-0.2, 0) is 17.8 Å². The third kappa shape index (κ3) is 2.75. The molecule has 2 aliphatic heterocycles. The number of thiophene rings is 1. The van der Waals surface area contributed by atoms with Crippen molar-refractivity contribution in [1.82, 2.24) is 4.90 Å². The van der Waals surface area contributed by atoms with E-state index in [4.69, 9.17) is 10.5 Å². The van der Waals surface area contributed by atoms with Gasteiger partial charge in [-0.2, -0.15) is 0 Å². The fourth-order valence-corrected chi connectivity index (χ4v) is 4.63. The lowest BCUT2D eigenvalue weighted by molar-refractivity contribution is 0.0793. The number of ether oxygens (including phenoxy) is 1. The first-order valence-electron chi connectivity index (χ1n) is 8.12. The maximum atomic E-state index is 14.0. The molecular formula is C18H19FN2O2S. The van der Waals surface area contributed by atoms with Crippen molar-refractivity contribution >= 4 is 17.2 Å². The average Bonchev–Trinajstić information content (AvgIpc) is 3.18. The zero-order valence-corrected chi connectivity index (χ0v) is 14.0. The molecule has 2 aromatic rings. The monoisotopic (exact) mass is 346 g/mol. The summed E-state index contributed by atoms with van der Waals surface area (Å²) in [6.45, 7) is 2.21. The molecule has 2 atom stereocenters. The smallest absolute Gasteiger partial charge is 0.264 e. The molecule has 4 nitrogen and oxygen atoms in total. The summed E-state index contributed by atoms with van der Waals surface area (Å²) in [5.74, 6) is -0.423. The molecule has 2 N–H and O–H groups in total. The summed E-state index contributed by atoms with van der Waals surface area (Å²) in [6, 6.07) is 8.37. The highest BCUT2D eigenvalue weighted by atomic mass is 32.1. The van der Waals surface area contributed by atoms with Gasteiger partial charge in [-0.3, -0.25) is 4.79 Å². The minimum absolute atomic E-state index is 0.0105. The Morgan fingerprint density at radius 1 is 1.33 bits per heavy atom. The van der Waals surface area contributed by atoms with Gasteiger partial charge in [0.15, 0.2) is 0 Å². The number of nitrogens with two attached hydrogens (primary N) is 1. The maximum absolute atomic E-state index is 14.0. The van der Waals surface area contributed by atoms with Gasteiger partial charge in [-0.05, 0) is 23.3 Å². The number of hydrogen-bond donors (Lipinski definition) is 1. The number of nitrogens with zero attached hydrogens (tertiary/aromatic N) is 1.